The van der Waals surface area contributed by atoms with Gasteiger partial charge >= 0.3 is 17.9 Å². The summed E-state index contributed by atoms with van der Waals surface area (Å²) in [6, 6.07) is 0. The summed E-state index contributed by atoms with van der Waals surface area (Å²) in [7, 11) is 0. The van der Waals surface area contributed by atoms with Crippen molar-refractivity contribution in [1.29, 1.82) is 0 Å². The topological polar surface area (TPSA) is 78.9 Å². The molecule has 0 amide bonds. The molecule has 6 heteroatoms. The Morgan fingerprint density at radius 1 is 0.253 bits per heavy atom. The molecule has 0 heterocycles. The lowest BCUT2D eigenvalue weighted by atomic mass is 10.0. The Bertz CT molecular complexity index is 1270. The van der Waals surface area contributed by atoms with Gasteiger partial charge in [0.05, 0.1) is 0 Å². The second-order valence-electron chi connectivity index (χ2n) is 24.5. The van der Waals surface area contributed by atoms with E-state index in [0.717, 1.165) is 64.2 Å². The number of carbonyl (C=O) groups excluding carboxylic acids is 3. The molecule has 466 valence electrons. The van der Waals surface area contributed by atoms with Gasteiger partial charge in [-0.25, -0.2) is 0 Å². The zero-order valence-electron chi connectivity index (χ0n) is 53.7. The highest BCUT2D eigenvalue weighted by atomic mass is 16.6. The van der Waals surface area contributed by atoms with Crippen molar-refractivity contribution in [3.8, 4) is 0 Å². The average molecular weight is 1110 g/mol. The van der Waals surface area contributed by atoms with Gasteiger partial charge in [-0.3, -0.25) is 14.4 Å². The molecule has 0 aliphatic carbocycles. The standard InChI is InChI=1S/C73H138O6/c1-4-7-10-13-16-19-22-24-26-28-30-32-34-35-36-37-39-40-42-44-46-48-51-54-57-60-63-66-72(75)78-69-70(68-77-71(74)65-62-59-56-53-50-21-18-15-12-9-6-3)79-73(76)67-64-61-58-55-52-49-47-45-43-41-38-33-31-29-27-25-23-20-17-14-11-8-5-2/h22,24,28,30,70H,4-21,23,25-27,29,31-69H2,1-3H3/b24-22-,30-28-. The van der Waals surface area contributed by atoms with Gasteiger partial charge in [0.25, 0.3) is 0 Å². The fourth-order valence-electron chi connectivity index (χ4n) is 11.1. The zero-order valence-corrected chi connectivity index (χ0v) is 53.7. The zero-order chi connectivity index (χ0) is 57.1. The van der Waals surface area contributed by atoms with Crippen LogP contribution < -0.4 is 0 Å². The van der Waals surface area contributed by atoms with Crippen molar-refractivity contribution in [2.24, 2.45) is 0 Å². The van der Waals surface area contributed by atoms with Gasteiger partial charge in [0.1, 0.15) is 13.2 Å². The Labute approximate surface area is 493 Å². The van der Waals surface area contributed by atoms with Crippen molar-refractivity contribution in [1.82, 2.24) is 0 Å². The van der Waals surface area contributed by atoms with Crippen LogP contribution in [0.2, 0.25) is 0 Å². The Kier molecular flexibility index (Phi) is 66.6. The van der Waals surface area contributed by atoms with E-state index in [1.807, 2.05) is 0 Å². The van der Waals surface area contributed by atoms with Crippen LogP contribution in [0.4, 0.5) is 0 Å². The highest BCUT2D eigenvalue weighted by molar-refractivity contribution is 5.71. The fraction of sp³-hybridized carbons (Fsp3) is 0.904. The molecule has 0 spiro atoms. The molecule has 0 aliphatic heterocycles. The Morgan fingerprint density at radius 2 is 0.456 bits per heavy atom. The predicted molar refractivity (Wildman–Crippen MR) is 344 cm³/mol. The first-order chi connectivity index (χ1) is 39.0. The molecular formula is C73H138O6. The highest BCUT2D eigenvalue weighted by Crippen LogP contribution is 2.19. The molecule has 0 N–H and O–H groups in total. The van der Waals surface area contributed by atoms with Crippen LogP contribution in [-0.2, 0) is 28.6 Å². The third-order valence-corrected chi connectivity index (χ3v) is 16.5. The molecule has 0 aromatic rings. The summed E-state index contributed by atoms with van der Waals surface area (Å²) in [4.78, 5) is 38.4. The summed E-state index contributed by atoms with van der Waals surface area (Å²) in [6.45, 7) is 6.71. The third kappa shape index (κ3) is 66.6. The van der Waals surface area contributed by atoms with Gasteiger partial charge in [0, 0.05) is 19.3 Å². The first kappa shape index (κ1) is 76.9. The molecule has 0 rings (SSSR count). The summed E-state index contributed by atoms with van der Waals surface area (Å²) in [5.41, 5.74) is 0. The number of hydrogen-bond acceptors (Lipinski definition) is 6. The summed E-state index contributed by atoms with van der Waals surface area (Å²) in [6.07, 6.45) is 83.6. The number of allylic oxidation sites excluding steroid dienone is 4. The van der Waals surface area contributed by atoms with Gasteiger partial charge in [-0.1, -0.05) is 360 Å². The van der Waals surface area contributed by atoms with Gasteiger partial charge in [0.15, 0.2) is 6.10 Å². The van der Waals surface area contributed by atoms with E-state index in [0.29, 0.717) is 19.3 Å². The largest absolute Gasteiger partial charge is 0.462 e. The number of hydrogen-bond donors (Lipinski definition) is 0. The molecule has 0 fully saturated rings. The van der Waals surface area contributed by atoms with Crippen LogP contribution in [0.1, 0.15) is 406 Å². The molecular weight excluding hydrogens is 973 g/mol. The van der Waals surface area contributed by atoms with Gasteiger partial charge in [0.2, 0.25) is 0 Å². The fourth-order valence-corrected chi connectivity index (χ4v) is 11.1. The summed E-state index contributed by atoms with van der Waals surface area (Å²) in [5.74, 6) is -0.832. The number of rotatable bonds is 67. The maximum Gasteiger partial charge on any atom is 0.306 e. The van der Waals surface area contributed by atoms with E-state index in [4.69, 9.17) is 14.2 Å². The minimum Gasteiger partial charge on any atom is -0.462 e. The van der Waals surface area contributed by atoms with E-state index in [9.17, 15) is 14.4 Å². The van der Waals surface area contributed by atoms with Crippen LogP contribution in [0, 0.1) is 0 Å². The molecule has 0 aliphatic rings. The SMILES string of the molecule is CCCCCCC/C=C\C/C=C\CCCCCCCCCCCCCCCCCC(=O)OCC(COC(=O)CCCCCCCCCCCCC)OC(=O)CCCCCCCCCCCCCCCCCCCCCCCCC. The molecule has 0 radical (unpaired) electrons. The van der Waals surface area contributed by atoms with Crippen LogP contribution in [0.15, 0.2) is 24.3 Å². The van der Waals surface area contributed by atoms with Gasteiger partial charge in [-0.05, 0) is 51.4 Å². The van der Waals surface area contributed by atoms with Gasteiger partial charge in [-0.2, -0.15) is 0 Å². The van der Waals surface area contributed by atoms with Crippen molar-refractivity contribution in [3.63, 3.8) is 0 Å². The second kappa shape index (κ2) is 68.4. The van der Waals surface area contributed by atoms with Crippen molar-refractivity contribution in [3.05, 3.63) is 24.3 Å². The second-order valence-corrected chi connectivity index (χ2v) is 24.5. The Hall–Kier alpha value is -2.11. The van der Waals surface area contributed by atoms with Crippen LogP contribution in [-0.4, -0.2) is 37.2 Å². The number of esters is 3. The van der Waals surface area contributed by atoms with Crippen LogP contribution >= 0.6 is 0 Å². The Balaban J connectivity index is 4.15. The Morgan fingerprint density at radius 3 is 0.696 bits per heavy atom. The number of carbonyl (C=O) groups is 3. The maximum absolute atomic E-state index is 12.9. The van der Waals surface area contributed by atoms with Crippen molar-refractivity contribution in [2.75, 3.05) is 13.2 Å². The minimum absolute atomic E-state index is 0.0639. The summed E-state index contributed by atoms with van der Waals surface area (Å²) in [5, 5.41) is 0. The molecule has 79 heavy (non-hydrogen) atoms. The third-order valence-electron chi connectivity index (χ3n) is 16.5. The van der Waals surface area contributed by atoms with E-state index in [2.05, 4.69) is 45.1 Å². The summed E-state index contributed by atoms with van der Waals surface area (Å²) >= 11 is 0. The van der Waals surface area contributed by atoms with E-state index in [1.54, 1.807) is 0 Å². The number of ether oxygens (including phenoxy) is 3. The minimum atomic E-state index is -0.766. The smallest absolute Gasteiger partial charge is 0.306 e. The van der Waals surface area contributed by atoms with E-state index in [1.165, 1.54) is 302 Å². The predicted octanol–water partition coefficient (Wildman–Crippen LogP) is 24.6. The molecule has 0 aromatic heterocycles. The molecule has 0 aromatic carbocycles. The van der Waals surface area contributed by atoms with Crippen molar-refractivity contribution in [2.45, 2.75) is 412 Å². The van der Waals surface area contributed by atoms with Crippen molar-refractivity contribution < 1.29 is 28.6 Å². The molecule has 1 unspecified atom stereocenters. The molecule has 1 atom stereocenters. The highest BCUT2D eigenvalue weighted by Gasteiger charge is 2.19. The lowest BCUT2D eigenvalue weighted by molar-refractivity contribution is -0.167. The molecule has 0 bridgehead atoms. The van der Waals surface area contributed by atoms with Crippen LogP contribution in [0.3, 0.4) is 0 Å². The molecule has 6 nitrogen and oxygen atoms in total. The molecule has 0 saturated heterocycles. The maximum atomic E-state index is 12.9. The number of unbranched alkanes of at least 4 members (excludes halogenated alkanes) is 52. The van der Waals surface area contributed by atoms with E-state index >= 15 is 0 Å². The van der Waals surface area contributed by atoms with Gasteiger partial charge < -0.3 is 14.2 Å². The lowest BCUT2D eigenvalue weighted by Gasteiger charge is -2.18. The first-order valence-corrected chi connectivity index (χ1v) is 35.8. The quantitative estimate of drug-likeness (QED) is 0.0261. The molecule has 0 saturated carbocycles. The van der Waals surface area contributed by atoms with E-state index < -0.39 is 6.10 Å². The van der Waals surface area contributed by atoms with Crippen molar-refractivity contribution >= 4 is 17.9 Å². The summed E-state index contributed by atoms with van der Waals surface area (Å²) < 4.78 is 17.0. The van der Waals surface area contributed by atoms with Crippen LogP contribution in [0.5, 0.6) is 0 Å². The first-order valence-electron chi connectivity index (χ1n) is 35.8. The normalized spacial score (nSPS) is 12.1. The lowest BCUT2D eigenvalue weighted by Crippen LogP contribution is -2.30. The van der Waals surface area contributed by atoms with Gasteiger partial charge in [-0.15, -0.1) is 0 Å². The van der Waals surface area contributed by atoms with E-state index in [-0.39, 0.29) is 31.1 Å². The van der Waals surface area contributed by atoms with Crippen LogP contribution in [0.25, 0.3) is 0 Å². The average Bonchev–Trinajstić information content (AvgIpc) is 3.45. The monoisotopic (exact) mass is 1110 g/mol.